The van der Waals surface area contributed by atoms with Crippen LogP contribution in [-0.4, -0.2) is 23.9 Å². The fourth-order valence-electron chi connectivity index (χ4n) is 2.38. The monoisotopic (exact) mass is 387 g/mol. The number of methoxy groups -OCH3 is 1. The molecular weight excluding hydrogens is 374 g/mol. The van der Waals surface area contributed by atoms with Crippen LogP contribution >= 0.6 is 15.9 Å². The van der Waals surface area contributed by atoms with Gasteiger partial charge in [-0.2, -0.15) is 0 Å². The van der Waals surface area contributed by atoms with E-state index in [1.807, 2.05) is 6.07 Å². The maximum Gasteiger partial charge on any atom is 0.260 e. The van der Waals surface area contributed by atoms with E-state index >= 15 is 0 Å². The molecule has 0 saturated carbocycles. The average Bonchev–Trinajstić information content (AvgIpc) is 2.57. The van der Waals surface area contributed by atoms with Gasteiger partial charge in [-0.15, -0.1) is 0 Å². The number of nitrogens with zero attached hydrogens (tertiary/aromatic N) is 1. The molecule has 2 heterocycles. The summed E-state index contributed by atoms with van der Waals surface area (Å²) in [6.07, 6.45) is 3.27. The Morgan fingerprint density at radius 1 is 1.21 bits per heavy atom. The average molecular weight is 388 g/mol. The van der Waals surface area contributed by atoms with Crippen molar-refractivity contribution in [1.29, 1.82) is 0 Å². The second-order valence-electron chi connectivity index (χ2n) is 5.12. The van der Waals surface area contributed by atoms with Gasteiger partial charge in [-0.1, -0.05) is 15.9 Å². The predicted octanol–water partition coefficient (Wildman–Crippen LogP) is 2.25. The van der Waals surface area contributed by atoms with Crippen LogP contribution in [0.15, 0.2) is 47.2 Å². The number of hydrogen-bond acceptors (Lipinski definition) is 5. The summed E-state index contributed by atoms with van der Waals surface area (Å²) >= 11 is 3.37. The summed E-state index contributed by atoms with van der Waals surface area (Å²) in [5.41, 5.74) is 2.43. The summed E-state index contributed by atoms with van der Waals surface area (Å²) in [5.74, 6) is -0.291. The maximum atomic E-state index is 12.1. The fraction of sp³-hybridized carbons (Fsp3) is 0.118. The molecule has 1 aliphatic rings. The van der Waals surface area contributed by atoms with Gasteiger partial charge in [0.25, 0.3) is 11.8 Å². The molecular formula is C17H14BrN3O3. The van der Waals surface area contributed by atoms with Gasteiger partial charge in [0.1, 0.15) is 0 Å². The van der Waals surface area contributed by atoms with Gasteiger partial charge in [0.15, 0.2) is 0 Å². The normalized spacial score (nSPS) is 15.0. The number of fused-ring (bicyclic) bond motifs is 1. The molecule has 0 radical (unpaired) electrons. The van der Waals surface area contributed by atoms with E-state index in [4.69, 9.17) is 4.74 Å². The van der Waals surface area contributed by atoms with Crippen LogP contribution in [0, 0.1) is 0 Å². The largest absolute Gasteiger partial charge is 0.481 e. The number of amides is 2. The summed E-state index contributed by atoms with van der Waals surface area (Å²) in [5, 5.41) is 5.44. The van der Waals surface area contributed by atoms with Crippen LogP contribution < -0.4 is 15.4 Å². The van der Waals surface area contributed by atoms with Gasteiger partial charge in [0, 0.05) is 40.6 Å². The highest BCUT2D eigenvalue weighted by Crippen LogP contribution is 2.26. The van der Waals surface area contributed by atoms with Crippen molar-refractivity contribution in [3.05, 3.63) is 63.9 Å². The van der Waals surface area contributed by atoms with Crippen molar-refractivity contribution in [3.8, 4) is 5.88 Å². The Kier molecular flexibility index (Phi) is 4.61. The second-order valence-corrected chi connectivity index (χ2v) is 6.03. The topological polar surface area (TPSA) is 80.3 Å². The molecule has 0 spiro atoms. The molecule has 0 aliphatic carbocycles. The van der Waals surface area contributed by atoms with Crippen LogP contribution in [-0.2, 0) is 11.3 Å². The van der Waals surface area contributed by atoms with Crippen molar-refractivity contribution >= 4 is 33.3 Å². The lowest BCUT2D eigenvalue weighted by Crippen LogP contribution is -2.37. The molecule has 2 N–H and O–H groups in total. The van der Waals surface area contributed by atoms with E-state index in [2.05, 4.69) is 31.5 Å². The van der Waals surface area contributed by atoms with Gasteiger partial charge in [-0.3, -0.25) is 14.9 Å². The number of nitrogens with one attached hydrogen (secondary N) is 2. The van der Waals surface area contributed by atoms with Gasteiger partial charge < -0.3 is 10.1 Å². The molecule has 1 aliphatic heterocycles. The Bertz CT molecular complexity index is 849. The van der Waals surface area contributed by atoms with E-state index in [1.54, 1.807) is 43.8 Å². The van der Waals surface area contributed by atoms with E-state index in [1.165, 1.54) is 0 Å². The first-order valence-electron chi connectivity index (χ1n) is 7.16. The number of carbonyl (C=O) groups excluding carboxylic acids is 2. The van der Waals surface area contributed by atoms with Gasteiger partial charge in [0.2, 0.25) is 5.88 Å². The minimum absolute atomic E-state index is 0.390. The first-order chi connectivity index (χ1) is 11.6. The summed E-state index contributed by atoms with van der Waals surface area (Å²) in [6.45, 7) is 0.493. The molecule has 0 bridgehead atoms. The number of rotatable bonds is 4. The summed E-state index contributed by atoms with van der Waals surface area (Å²) < 4.78 is 5.88. The van der Waals surface area contributed by atoms with E-state index in [0.29, 0.717) is 29.1 Å². The van der Waals surface area contributed by atoms with E-state index < -0.39 is 11.8 Å². The van der Waals surface area contributed by atoms with Crippen molar-refractivity contribution in [2.75, 3.05) is 7.11 Å². The molecule has 1 aromatic heterocycles. The Hall–Kier alpha value is -2.67. The lowest BCUT2D eigenvalue weighted by Gasteiger charge is -2.18. The minimum atomic E-state index is -0.426. The molecule has 6 nitrogen and oxygen atoms in total. The van der Waals surface area contributed by atoms with E-state index in [9.17, 15) is 9.59 Å². The lowest BCUT2D eigenvalue weighted by molar-refractivity contribution is -0.114. The zero-order chi connectivity index (χ0) is 17.1. The van der Waals surface area contributed by atoms with Crippen LogP contribution in [0.2, 0.25) is 0 Å². The molecule has 24 heavy (non-hydrogen) atoms. The smallest absolute Gasteiger partial charge is 0.260 e. The first kappa shape index (κ1) is 16.2. The molecule has 0 atom stereocenters. The van der Waals surface area contributed by atoms with Crippen LogP contribution in [0.5, 0.6) is 5.88 Å². The van der Waals surface area contributed by atoms with Gasteiger partial charge in [0.05, 0.1) is 12.7 Å². The summed E-state index contributed by atoms with van der Waals surface area (Å²) in [4.78, 5) is 28.1. The Balaban J connectivity index is 1.84. The third kappa shape index (κ3) is 3.30. The van der Waals surface area contributed by atoms with Crippen LogP contribution in [0.3, 0.4) is 0 Å². The number of hydrogen-bond donors (Lipinski definition) is 2. The predicted molar refractivity (Wildman–Crippen MR) is 92.2 cm³/mol. The number of halogens is 1. The van der Waals surface area contributed by atoms with Gasteiger partial charge >= 0.3 is 0 Å². The summed E-state index contributed by atoms with van der Waals surface area (Å²) in [6, 6.07) is 8.86. The highest BCUT2D eigenvalue weighted by atomic mass is 79.9. The quantitative estimate of drug-likeness (QED) is 0.621. The lowest BCUT2D eigenvalue weighted by atomic mass is 9.95. The molecule has 2 aromatic rings. The molecule has 1 aromatic carbocycles. The van der Waals surface area contributed by atoms with Gasteiger partial charge in [-0.05, 0) is 29.8 Å². The Morgan fingerprint density at radius 3 is 2.83 bits per heavy atom. The van der Waals surface area contributed by atoms with Gasteiger partial charge in [-0.25, -0.2) is 4.98 Å². The summed E-state index contributed by atoms with van der Waals surface area (Å²) in [7, 11) is 1.56. The van der Waals surface area contributed by atoms with Crippen LogP contribution in [0.4, 0.5) is 0 Å². The highest BCUT2D eigenvalue weighted by Gasteiger charge is 2.27. The van der Waals surface area contributed by atoms with Crippen molar-refractivity contribution in [2.24, 2.45) is 0 Å². The number of benzene rings is 1. The molecule has 0 saturated heterocycles. The molecule has 0 unspecified atom stereocenters. The molecule has 2 amide bonds. The third-order valence-corrected chi connectivity index (χ3v) is 4.04. The van der Waals surface area contributed by atoms with Crippen molar-refractivity contribution in [3.63, 3.8) is 0 Å². The second kappa shape index (κ2) is 6.84. The zero-order valence-corrected chi connectivity index (χ0v) is 14.4. The number of carbonyl (C=O) groups is 2. The fourth-order valence-corrected chi connectivity index (χ4v) is 2.74. The number of imide groups is 1. The van der Waals surface area contributed by atoms with Crippen molar-refractivity contribution in [1.82, 2.24) is 15.6 Å². The van der Waals surface area contributed by atoms with E-state index in [0.717, 1.165) is 10.0 Å². The zero-order valence-electron chi connectivity index (χ0n) is 12.8. The Morgan fingerprint density at radius 2 is 2.04 bits per heavy atom. The van der Waals surface area contributed by atoms with Crippen LogP contribution in [0.1, 0.15) is 21.5 Å². The minimum Gasteiger partial charge on any atom is -0.481 e. The van der Waals surface area contributed by atoms with Crippen molar-refractivity contribution in [2.45, 2.75) is 6.54 Å². The standard InChI is InChI=1S/C17H14BrN3O3/c1-24-15-6-10(4-5-20-15)8-19-9-14-13-7-11(18)2-3-12(13)16(22)21-17(14)23/h2-7,9,19H,8H2,1H3,(H,21,22,23)/b14-9-. The van der Waals surface area contributed by atoms with Crippen molar-refractivity contribution < 1.29 is 14.3 Å². The molecule has 3 rings (SSSR count). The number of pyridine rings is 1. The number of aromatic nitrogens is 1. The Labute approximate surface area is 147 Å². The number of ether oxygens (including phenoxy) is 1. The SMILES string of the molecule is COc1cc(CN/C=C2\C(=O)NC(=O)c3ccc(Br)cc32)ccn1. The first-order valence-corrected chi connectivity index (χ1v) is 7.96. The molecule has 122 valence electrons. The third-order valence-electron chi connectivity index (χ3n) is 3.55. The molecule has 7 heteroatoms. The van der Waals surface area contributed by atoms with Crippen LogP contribution in [0.25, 0.3) is 5.57 Å². The maximum absolute atomic E-state index is 12.1. The molecule has 0 fully saturated rings. The highest BCUT2D eigenvalue weighted by molar-refractivity contribution is 9.10. The van der Waals surface area contributed by atoms with E-state index in [-0.39, 0.29) is 0 Å².